The molecule has 2 aromatic heterocycles. The summed E-state index contributed by atoms with van der Waals surface area (Å²) in [6.07, 6.45) is 7.15. The highest BCUT2D eigenvalue weighted by Crippen LogP contribution is 2.53. The van der Waals surface area contributed by atoms with E-state index in [4.69, 9.17) is 16.9 Å². The maximum absolute atomic E-state index is 14.5. The molecule has 3 aliphatic rings. The third kappa shape index (κ3) is 5.75. The molecular weight excluding hydrogens is 686 g/mol. The van der Waals surface area contributed by atoms with E-state index in [0.29, 0.717) is 28.4 Å². The van der Waals surface area contributed by atoms with Crippen molar-refractivity contribution in [2.24, 2.45) is 11.8 Å². The molecule has 2 unspecified atom stereocenters. The Labute approximate surface area is 273 Å². The number of allylic oxidation sites excluding steroid dienone is 2. The molecule has 1 aromatic carbocycles. The summed E-state index contributed by atoms with van der Waals surface area (Å²) in [4.78, 5) is 33.7. The Balaban J connectivity index is 1.33. The minimum atomic E-state index is -3.65. The first-order valence-corrected chi connectivity index (χ1v) is 17.3. The van der Waals surface area contributed by atoms with Crippen LogP contribution in [0.1, 0.15) is 34.8 Å². The molecule has 3 fully saturated rings. The summed E-state index contributed by atoms with van der Waals surface area (Å²) in [5.41, 5.74) is 0.575. The Morgan fingerprint density at radius 1 is 1.18 bits per heavy atom. The molecule has 1 saturated carbocycles. The van der Waals surface area contributed by atoms with Crippen molar-refractivity contribution in [2.45, 2.75) is 35.6 Å². The number of aromatic nitrogens is 1. The van der Waals surface area contributed by atoms with Crippen LogP contribution < -0.4 is 5.32 Å². The average Bonchev–Trinajstić information content (AvgIpc) is 3.35. The van der Waals surface area contributed by atoms with Gasteiger partial charge in [0.15, 0.2) is 5.78 Å². The fourth-order valence-electron chi connectivity index (χ4n) is 6.11. The van der Waals surface area contributed by atoms with Gasteiger partial charge in [-0.05, 0) is 83.4 Å². The number of ketones is 1. The number of benzene rings is 1. The zero-order valence-corrected chi connectivity index (χ0v) is 27.5. The zero-order valence-electron chi connectivity index (χ0n) is 23.5. The summed E-state index contributed by atoms with van der Waals surface area (Å²) in [7, 11) is -3.65. The van der Waals surface area contributed by atoms with Gasteiger partial charge in [0, 0.05) is 66.5 Å². The highest BCUT2D eigenvalue weighted by atomic mass is 79.9. The summed E-state index contributed by atoms with van der Waals surface area (Å²) < 4.78 is 29.1. The van der Waals surface area contributed by atoms with Gasteiger partial charge >= 0.3 is 0 Å². The maximum Gasteiger partial charge on any atom is 0.254 e. The number of hydrogen-bond donors (Lipinski definition) is 1. The van der Waals surface area contributed by atoms with Crippen LogP contribution in [0.3, 0.4) is 0 Å². The van der Waals surface area contributed by atoms with Gasteiger partial charge in [-0.25, -0.2) is 8.42 Å². The van der Waals surface area contributed by atoms with Crippen molar-refractivity contribution in [2.75, 3.05) is 13.1 Å². The first kappa shape index (κ1) is 30.7. The Kier molecular flexibility index (Phi) is 8.28. The van der Waals surface area contributed by atoms with Crippen LogP contribution in [0.25, 0.3) is 0 Å². The summed E-state index contributed by atoms with van der Waals surface area (Å²) in [5.74, 6) is -0.297. The maximum atomic E-state index is 14.5. The number of amides is 1. The number of halogens is 2. The van der Waals surface area contributed by atoms with Gasteiger partial charge in [0.05, 0.1) is 15.4 Å². The summed E-state index contributed by atoms with van der Waals surface area (Å²) in [6.45, 7) is 2.31. The van der Waals surface area contributed by atoms with Crippen LogP contribution in [-0.2, 0) is 21.2 Å². The van der Waals surface area contributed by atoms with E-state index in [2.05, 4.69) is 26.2 Å². The molecule has 1 N–H and O–H groups in total. The van der Waals surface area contributed by atoms with E-state index in [1.807, 2.05) is 18.2 Å². The lowest BCUT2D eigenvalue weighted by Gasteiger charge is -2.27. The molecule has 4 heterocycles. The van der Waals surface area contributed by atoms with Crippen LogP contribution >= 0.6 is 38.9 Å². The average molecular weight is 713 g/mol. The van der Waals surface area contributed by atoms with Crippen molar-refractivity contribution in [1.82, 2.24) is 19.5 Å². The first-order chi connectivity index (χ1) is 21.0. The summed E-state index contributed by atoms with van der Waals surface area (Å²) in [5, 5.41) is 13.1. The number of thiophene rings is 1. The third-order valence-electron chi connectivity index (χ3n) is 8.36. The monoisotopic (exact) mass is 711 g/mol. The molecule has 0 spiro atoms. The van der Waals surface area contributed by atoms with E-state index in [9.17, 15) is 18.0 Å². The zero-order chi connectivity index (χ0) is 31.2. The number of sulfonamides is 1. The Hall–Kier alpha value is -3.34. The fourth-order valence-corrected chi connectivity index (χ4v) is 9.87. The summed E-state index contributed by atoms with van der Waals surface area (Å²) >= 11 is 10.7. The second-order valence-electron chi connectivity index (χ2n) is 11.2. The standard InChI is InChI=1S/C31H27BrClN5O4S2/c1-19(33)8-11-31(15-20-9-12-35-13-10-20)30(40)38(27(36-31)14-25(39)22-4-2-21(16-34)3-5-22)29-23-17-37(18-24(23)29)44(41,42)28-7-6-26(32)43-28/h2-10,12-14,23-24,29,36H,11,15,17-18H2,1H3/t23-,24+,29?,31?. The number of fused-ring (bicyclic) bond motifs is 1. The number of nitriles is 1. The first-order valence-electron chi connectivity index (χ1n) is 13.9. The Morgan fingerprint density at radius 2 is 1.86 bits per heavy atom. The van der Waals surface area contributed by atoms with Gasteiger partial charge in [0.25, 0.3) is 15.9 Å². The van der Waals surface area contributed by atoms with E-state index < -0.39 is 15.6 Å². The van der Waals surface area contributed by atoms with Gasteiger partial charge in [-0.15, -0.1) is 11.3 Å². The van der Waals surface area contributed by atoms with Crippen LogP contribution in [0.15, 0.2) is 91.9 Å². The minimum absolute atomic E-state index is 0.0747. The quantitative estimate of drug-likeness (QED) is 0.243. The number of rotatable bonds is 9. The second kappa shape index (κ2) is 11.9. The molecule has 44 heavy (non-hydrogen) atoms. The molecule has 9 nitrogen and oxygen atoms in total. The number of pyridine rings is 1. The van der Waals surface area contributed by atoms with Gasteiger partial charge in [0.1, 0.15) is 15.6 Å². The molecule has 4 atom stereocenters. The van der Waals surface area contributed by atoms with Crippen molar-refractivity contribution in [3.05, 3.63) is 104 Å². The van der Waals surface area contributed by atoms with Crippen LogP contribution in [-0.4, -0.2) is 59.0 Å². The predicted octanol–water partition coefficient (Wildman–Crippen LogP) is 5.07. The highest BCUT2D eigenvalue weighted by Gasteiger charge is 2.65. The van der Waals surface area contributed by atoms with Gasteiger partial charge in [-0.3, -0.25) is 19.5 Å². The molecule has 2 aliphatic heterocycles. The Morgan fingerprint density at radius 3 is 2.45 bits per heavy atom. The number of nitrogens with one attached hydrogen (secondary N) is 1. The minimum Gasteiger partial charge on any atom is -0.357 e. The molecule has 0 bridgehead atoms. The van der Waals surface area contributed by atoms with Crippen LogP contribution in [0.4, 0.5) is 0 Å². The van der Waals surface area contributed by atoms with E-state index in [-0.39, 0.29) is 53.3 Å². The van der Waals surface area contributed by atoms with Crippen molar-refractivity contribution < 1.29 is 18.0 Å². The fraction of sp³-hybridized carbons (Fsp3) is 0.290. The SMILES string of the molecule is CC(Cl)=CCC1(Cc2ccncc2)NC(=CC(=O)c2ccc(C#N)cc2)N(C2[C@H]3CN(S(=O)(=O)c4ccc(Br)s4)C[C@@H]23)C1=O. The lowest BCUT2D eigenvalue weighted by molar-refractivity contribution is -0.132. The lowest BCUT2D eigenvalue weighted by Crippen LogP contribution is -2.49. The van der Waals surface area contributed by atoms with Gasteiger partial charge in [-0.2, -0.15) is 9.57 Å². The number of hydrogen-bond acceptors (Lipinski definition) is 8. The number of carbonyl (C=O) groups is 2. The highest BCUT2D eigenvalue weighted by molar-refractivity contribution is 9.11. The van der Waals surface area contributed by atoms with Crippen LogP contribution in [0.2, 0.25) is 0 Å². The van der Waals surface area contributed by atoms with E-state index in [0.717, 1.165) is 9.35 Å². The molecule has 226 valence electrons. The topological polar surface area (TPSA) is 123 Å². The molecule has 6 rings (SSSR count). The number of piperidine rings is 1. The van der Waals surface area contributed by atoms with Crippen molar-refractivity contribution >= 4 is 60.6 Å². The smallest absolute Gasteiger partial charge is 0.254 e. The summed E-state index contributed by atoms with van der Waals surface area (Å²) in [6, 6.07) is 15.1. The molecule has 1 aliphatic carbocycles. The molecule has 13 heteroatoms. The molecule has 2 saturated heterocycles. The number of nitrogens with zero attached hydrogens (tertiary/aromatic N) is 4. The van der Waals surface area contributed by atoms with E-state index in [1.54, 1.807) is 66.7 Å². The molecule has 1 amide bonds. The predicted molar refractivity (Wildman–Crippen MR) is 170 cm³/mol. The Bertz CT molecular complexity index is 1820. The van der Waals surface area contributed by atoms with Crippen LogP contribution in [0, 0.1) is 23.2 Å². The van der Waals surface area contributed by atoms with Crippen LogP contribution in [0.5, 0.6) is 0 Å². The number of carbonyl (C=O) groups excluding carboxylic acids is 2. The van der Waals surface area contributed by atoms with Gasteiger partial charge in [0.2, 0.25) is 0 Å². The lowest BCUT2D eigenvalue weighted by atomic mass is 9.87. The van der Waals surface area contributed by atoms with Gasteiger partial charge < -0.3 is 5.32 Å². The van der Waals surface area contributed by atoms with Crippen molar-refractivity contribution in [3.8, 4) is 6.07 Å². The molecule has 3 aromatic rings. The molecular formula is C31H27BrClN5O4S2. The van der Waals surface area contributed by atoms with E-state index in [1.165, 1.54) is 21.7 Å². The third-order valence-corrected chi connectivity index (χ3v) is 12.4. The second-order valence-corrected chi connectivity index (χ2v) is 16.4. The van der Waals surface area contributed by atoms with Crippen molar-refractivity contribution in [1.29, 1.82) is 5.26 Å². The van der Waals surface area contributed by atoms with Gasteiger partial charge in [-0.1, -0.05) is 17.7 Å². The van der Waals surface area contributed by atoms with E-state index >= 15 is 0 Å². The molecule has 0 radical (unpaired) electrons. The van der Waals surface area contributed by atoms with Crippen molar-refractivity contribution in [3.63, 3.8) is 0 Å². The normalized spacial score (nSPS) is 26.0. The largest absolute Gasteiger partial charge is 0.357 e.